The molecule has 2 rings (SSSR count). The normalized spacial score (nSPS) is 10.0. The molecule has 21 heavy (non-hydrogen) atoms. The zero-order valence-corrected chi connectivity index (χ0v) is 11.9. The van der Waals surface area contributed by atoms with E-state index in [0.717, 1.165) is 5.56 Å². The molecule has 6 nitrogen and oxygen atoms in total. The van der Waals surface area contributed by atoms with Crippen LogP contribution >= 0.6 is 0 Å². The summed E-state index contributed by atoms with van der Waals surface area (Å²) in [5.74, 6) is 0.483. The van der Waals surface area contributed by atoms with Gasteiger partial charge < -0.3 is 4.74 Å². The van der Waals surface area contributed by atoms with Crippen molar-refractivity contribution in [3.05, 3.63) is 56.8 Å². The van der Waals surface area contributed by atoms with Crippen molar-refractivity contribution in [1.82, 2.24) is 4.98 Å². The van der Waals surface area contributed by atoms with Crippen molar-refractivity contribution in [2.45, 2.75) is 20.8 Å². The molecule has 2 aromatic rings. The van der Waals surface area contributed by atoms with E-state index in [4.69, 9.17) is 4.74 Å². The van der Waals surface area contributed by atoms with E-state index in [-0.39, 0.29) is 11.6 Å². The summed E-state index contributed by atoms with van der Waals surface area (Å²) >= 11 is 0. The summed E-state index contributed by atoms with van der Waals surface area (Å²) in [4.78, 5) is 14.7. The summed E-state index contributed by atoms with van der Waals surface area (Å²) in [5, 5.41) is 20.1. The molecule has 0 fully saturated rings. The molecule has 0 saturated carbocycles. The second-order valence-corrected chi connectivity index (χ2v) is 4.63. The standard InChI is InChI=1S/C15H13N3O3/c1-9-7-10(2)17-15(12(9)8-16)21-14-6-4-5-13(11(14)3)18(19)20/h4-7H,1-3H3. The number of ether oxygens (including phenoxy) is 1. The molecule has 1 heterocycles. The molecule has 1 aromatic carbocycles. The van der Waals surface area contributed by atoms with Crippen LogP contribution in [0.15, 0.2) is 24.3 Å². The van der Waals surface area contributed by atoms with E-state index < -0.39 is 4.92 Å². The van der Waals surface area contributed by atoms with Crippen molar-refractivity contribution in [2.75, 3.05) is 0 Å². The molecule has 0 aliphatic rings. The van der Waals surface area contributed by atoms with Crippen molar-refractivity contribution < 1.29 is 9.66 Å². The quantitative estimate of drug-likeness (QED) is 0.634. The number of nitro benzene ring substituents is 1. The van der Waals surface area contributed by atoms with Crippen LogP contribution in [0.1, 0.15) is 22.4 Å². The van der Waals surface area contributed by atoms with E-state index in [0.29, 0.717) is 22.6 Å². The minimum absolute atomic E-state index is 0.0321. The van der Waals surface area contributed by atoms with Crippen LogP contribution in [0.2, 0.25) is 0 Å². The number of aromatic nitrogens is 1. The van der Waals surface area contributed by atoms with Crippen LogP contribution in [0.25, 0.3) is 0 Å². The van der Waals surface area contributed by atoms with Crippen molar-refractivity contribution in [3.8, 4) is 17.7 Å². The number of rotatable bonds is 3. The molecular formula is C15H13N3O3. The number of hydrogen-bond acceptors (Lipinski definition) is 5. The maximum absolute atomic E-state index is 10.9. The third-order valence-corrected chi connectivity index (χ3v) is 3.08. The maximum atomic E-state index is 10.9. The molecule has 0 amide bonds. The monoisotopic (exact) mass is 283 g/mol. The number of benzene rings is 1. The Balaban J connectivity index is 2.51. The van der Waals surface area contributed by atoms with Gasteiger partial charge in [0, 0.05) is 11.8 Å². The Labute approximate surface area is 121 Å². The first-order chi connectivity index (χ1) is 9.93. The van der Waals surface area contributed by atoms with Crippen LogP contribution in [0.3, 0.4) is 0 Å². The molecule has 0 spiro atoms. The largest absolute Gasteiger partial charge is 0.437 e. The van der Waals surface area contributed by atoms with E-state index in [2.05, 4.69) is 4.98 Å². The van der Waals surface area contributed by atoms with Gasteiger partial charge in [0.2, 0.25) is 5.88 Å². The molecule has 106 valence electrons. The molecule has 0 radical (unpaired) electrons. The van der Waals surface area contributed by atoms with Gasteiger partial charge >= 0.3 is 0 Å². The lowest BCUT2D eigenvalue weighted by atomic mass is 10.1. The van der Waals surface area contributed by atoms with Gasteiger partial charge in [-0.3, -0.25) is 10.1 Å². The third-order valence-electron chi connectivity index (χ3n) is 3.08. The lowest BCUT2D eigenvalue weighted by molar-refractivity contribution is -0.385. The fraction of sp³-hybridized carbons (Fsp3) is 0.200. The third kappa shape index (κ3) is 2.82. The highest BCUT2D eigenvalue weighted by Gasteiger charge is 2.17. The number of nitrogens with zero attached hydrogens (tertiary/aromatic N) is 3. The molecule has 1 aromatic heterocycles. The predicted octanol–water partition coefficient (Wildman–Crippen LogP) is 3.58. The molecule has 6 heteroatoms. The topological polar surface area (TPSA) is 89.0 Å². The first-order valence-corrected chi connectivity index (χ1v) is 6.24. The second kappa shape index (κ2) is 5.59. The molecule has 0 aliphatic heterocycles. The summed E-state index contributed by atoms with van der Waals surface area (Å²) in [6.45, 7) is 5.18. The van der Waals surface area contributed by atoms with E-state index in [1.807, 2.05) is 6.07 Å². The first kappa shape index (κ1) is 14.5. The summed E-state index contributed by atoms with van der Waals surface area (Å²) in [6, 6.07) is 8.39. The molecule has 0 aliphatic carbocycles. The zero-order valence-electron chi connectivity index (χ0n) is 11.9. The number of nitriles is 1. The number of pyridine rings is 1. The van der Waals surface area contributed by atoms with Crippen molar-refractivity contribution >= 4 is 5.69 Å². The minimum atomic E-state index is -0.470. The average molecular weight is 283 g/mol. The Kier molecular flexibility index (Phi) is 3.85. The number of aryl methyl sites for hydroxylation is 2. The Morgan fingerprint density at radius 3 is 2.67 bits per heavy atom. The smallest absolute Gasteiger partial charge is 0.276 e. The van der Waals surface area contributed by atoms with Gasteiger partial charge in [-0.15, -0.1) is 0 Å². The summed E-state index contributed by atoms with van der Waals surface area (Å²) in [5.41, 5.74) is 2.15. The van der Waals surface area contributed by atoms with Gasteiger partial charge in [-0.1, -0.05) is 6.07 Å². The summed E-state index contributed by atoms with van der Waals surface area (Å²) < 4.78 is 5.65. The Morgan fingerprint density at radius 2 is 2.05 bits per heavy atom. The maximum Gasteiger partial charge on any atom is 0.276 e. The lowest BCUT2D eigenvalue weighted by Gasteiger charge is -2.11. The van der Waals surface area contributed by atoms with E-state index in [1.165, 1.54) is 12.1 Å². The highest BCUT2D eigenvalue weighted by atomic mass is 16.6. The van der Waals surface area contributed by atoms with Gasteiger partial charge in [0.05, 0.1) is 10.5 Å². The van der Waals surface area contributed by atoms with E-state index >= 15 is 0 Å². The van der Waals surface area contributed by atoms with Gasteiger partial charge in [-0.05, 0) is 38.5 Å². The molecule has 0 saturated heterocycles. The van der Waals surface area contributed by atoms with Crippen molar-refractivity contribution in [1.29, 1.82) is 5.26 Å². The minimum Gasteiger partial charge on any atom is -0.437 e. The van der Waals surface area contributed by atoms with Gasteiger partial charge in [0.1, 0.15) is 17.4 Å². The van der Waals surface area contributed by atoms with Crippen LogP contribution < -0.4 is 4.74 Å². The Morgan fingerprint density at radius 1 is 1.33 bits per heavy atom. The Hall–Kier alpha value is -2.94. The van der Waals surface area contributed by atoms with Gasteiger partial charge in [0.25, 0.3) is 5.69 Å². The van der Waals surface area contributed by atoms with Gasteiger partial charge in [0.15, 0.2) is 0 Å². The molecule has 0 N–H and O–H groups in total. The molecule has 0 bridgehead atoms. The number of hydrogen-bond donors (Lipinski definition) is 0. The SMILES string of the molecule is Cc1cc(C)c(C#N)c(Oc2cccc([N+](=O)[O-])c2C)n1. The predicted molar refractivity (Wildman–Crippen MR) is 76.3 cm³/mol. The lowest BCUT2D eigenvalue weighted by Crippen LogP contribution is -1.99. The highest BCUT2D eigenvalue weighted by Crippen LogP contribution is 2.32. The number of nitro groups is 1. The molecule has 0 atom stereocenters. The molecular weight excluding hydrogens is 270 g/mol. The average Bonchev–Trinajstić information content (AvgIpc) is 2.40. The fourth-order valence-electron chi connectivity index (χ4n) is 2.03. The zero-order chi connectivity index (χ0) is 15.6. The van der Waals surface area contributed by atoms with Crippen molar-refractivity contribution in [2.24, 2.45) is 0 Å². The fourth-order valence-corrected chi connectivity index (χ4v) is 2.03. The van der Waals surface area contributed by atoms with Gasteiger partial charge in [-0.2, -0.15) is 5.26 Å². The highest BCUT2D eigenvalue weighted by molar-refractivity contribution is 5.52. The van der Waals surface area contributed by atoms with Crippen LogP contribution in [0.4, 0.5) is 5.69 Å². The van der Waals surface area contributed by atoms with Crippen LogP contribution in [-0.4, -0.2) is 9.91 Å². The van der Waals surface area contributed by atoms with Crippen LogP contribution in [0.5, 0.6) is 11.6 Å². The van der Waals surface area contributed by atoms with Crippen molar-refractivity contribution in [3.63, 3.8) is 0 Å². The van der Waals surface area contributed by atoms with Crippen LogP contribution in [-0.2, 0) is 0 Å². The second-order valence-electron chi connectivity index (χ2n) is 4.63. The van der Waals surface area contributed by atoms with Crippen LogP contribution in [0, 0.1) is 42.2 Å². The van der Waals surface area contributed by atoms with Gasteiger partial charge in [-0.25, -0.2) is 4.98 Å². The molecule has 0 unspecified atom stereocenters. The first-order valence-electron chi connectivity index (χ1n) is 6.24. The Bertz CT molecular complexity index is 763. The van der Waals surface area contributed by atoms with E-state index in [9.17, 15) is 15.4 Å². The summed E-state index contributed by atoms with van der Waals surface area (Å²) in [6.07, 6.45) is 0. The summed E-state index contributed by atoms with van der Waals surface area (Å²) in [7, 11) is 0. The van der Waals surface area contributed by atoms with E-state index in [1.54, 1.807) is 32.9 Å².